The summed E-state index contributed by atoms with van der Waals surface area (Å²) in [7, 11) is 0. The number of anilines is 3. The van der Waals surface area contributed by atoms with Crippen LogP contribution in [0.3, 0.4) is 0 Å². The zero-order valence-corrected chi connectivity index (χ0v) is 33.0. The normalized spacial score (nSPS) is 15.8. The molecule has 0 radical (unpaired) electrons. The van der Waals surface area contributed by atoms with Crippen LogP contribution in [0.1, 0.15) is 74.9 Å². The number of rotatable bonds is 4. The van der Waals surface area contributed by atoms with E-state index in [0.29, 0.717) is 0 Å². The minimum absolute atomic E-state index is 0.142. The zero-order valence-electron chi connectivity index (χ0n) is 33.0. The second-order valence-electron chi connectivity index (χ2n) is 17.7. The van der Waals surface area contributed by atoms with Gasteiger partial charge in [-0.2, -0.15) is 0 Å². The molecule has 1 heteroatoms. The van der Waals surface area contributed by atoms with Gasteiger partial charge in [0.1, 0.15) is 0 Å². The van der Waals surface area contributed by atoms with Crippen molar-refractivity contribution >= 4 is 27.8 Å². The molecule has 0 saturated carbocycles. The Morgan fingerprint density at radius 1 is 0.339 bits per heavy atom. The van der Waals surface area contributed by atoms with Crippen LogP contribution in [0.15, 0.2) is 164 Å². The van der Waals surface area contributed by atoms with Crippen LogP contribution in [-0.2, 0) is 16.2 Å². The van der Waals surface area contributed by atoms with Gasteiger partial charge in [0, 0.05) is 38.7 Å². The highest BCUT2D eigenvalue weighted by Gasteiger charge is 2.43. The van der Waals surface area contributed by atoms with Crippen molar-refractivity contribution in [1.82, 2.24) is 0 Å². The first-order valence-corrected chi connectivity index (χ1v) is 20.1. The SMILES string of the molecule is CC1(C)c2ccccc2-c2ccc(N(c3ccc4c(c3)C(C)(C)c3ccccc3-4)c3c4c(c5ccccc5c3-c3ccccc3)C(C)(C)c3ccccc3-4)cc21. The van der Waals surface area contributed by atoms with Gasteiger partial charge in [0.25, 0.3) is 0 Å². The van der Waals surface area contributed by atoms with E-state index in [1.807, 2.05) is 0 Å². The molecule has 3 aliphatic rings. The Labute approximate surface area is 330 Å². The van der Waals surface area contributed by atoms with Gasteiger partial charge < -0.3 is 4.90 Å². The van der Waals surface area contributed by atoms with Crippen LogP contribution >= 0.6 is 0 Å². The number of hydrogen-bond acceptors (Lipinski definition) is 1. The molecule has 1 nitrogen and oxygen atoms in total. The second-order valence-corrected chi connectivity index (χ2v) is 17.7. The summed E-state index contributed by atoms with van der Waals surface area (Å²) in [5.41, 5.74) is 21.9. The summed E-state index contributed by atoms with van der Waals surface area (Å²) in [6, 6.07) is 61.9. The van der Waals surface area contributed by atoms with Gasteiger partial charge in [0.15, 0.2) is 0 Å². The smallest absolute Gasteiger partial charge is 0.0628 e. The highest BCUT2D eigenvalue weighted by atomic mass is 15.1. The van der Waals surface area contributed by atoms with Crippen molar-refractivity contribution < 1.29 is 0 Å². The molecule has 8 aromatic carbocycles. The van der Waals surface area contributed by atoms with E-state index >= 15 is 0 Å². The molecule has 0 spiro atoms. The average molecular weight is 720 g/mol. The second kappa shape index (κ2) is 11.4. The largest absolute Gasteiger partial charge is 0.309 e. The monoisotopic (exact) mass is 719 g/mol. The van der Waals surface area contributed by atoms with E-state index in [2.05, 4.69) is 210 Å². The number of benzene rings is 8. The van der Waals surface area contributed by atoms with E-state index in [-0.39, 0.29) is 16.2 Å². The van der Waals surface area contributed by atoms with Gasteiger partial charge in [0.05, 0.1) is 5.69 Å². The van der Waals surface area contributed by atoms with E-state index in [9.17, 15) is 0 Å². The molecule has 0 bridgehead atoms. The molecule has 0 amide bonds. The van der Waals surface area contributed by atoms with Gasteiger partial charge in [-0.3, -0.25) is 0 Å². The molecule has 0 N–H and O–H groups in total. The predicted molar refractivity (Wildman–Crippen MR) is 237 cm³/mol. The van der Waals surface area contributed by atoms with Crippen LogP contribution < -0.4 is 4.90 Å². The van der Waals surface area contributed by atoms with E-state index in [1.165, 1.54) is 106 Å². The van der Waals surface area contributed by atoms with Crippen LogP contribution in [0.5, 0.6) is 0 Å². The molecule has 0 unspecified atom stereocenters. The van der Waals surface area contributed by atoms with Crippen LogP contribution in [-0.4, -0.2) is 0 Å². The Morgan fingerprint density at radius 2 is 0.768 bits per heavy atom. The van der Waals surface area contributed by atoms with E-state index in [1.54, 1.807) is 0 Å². The molecular formula is C55H45N. The van der Waals surface area contributed by atoms with Gasteiger partial charge >= 0.3 is 0 Å². The molecule has 8 aromatic rings. The molecule has 56 heavy (non-hydrogen) atoms. The van der Waals surface area contributed by atoms with Crippen LogP contribution in [0.4, 0.5) is 17.1 Å². The summed E-state index contributed by atoms with van der Waals surface area (Å²) in [6.45, 7) is 14.4. The lowest BCUT2D eigenvalue weighted by atomic mass is 9.78. The fraction of sp³-hybridized carbons (Fsp3) is 0.164. The molecule has 0 saturated heterocycles. The molecule has 3 aliphatic carbocycles. The third kappa shape index (κ3) is 4.32. The van der Waals surface area contributed by atoms with Crippen molar-refractivity contribution in [3.8, 4) is 44.5 Å². The van der Waals surface area contributed by atoms with Crippen molar-refractivity contribution in [2.24, 2.45) is 0 Å². The van der Waals surface area contributed by atoms with Crippen molar-refractivity contribution in [1.29, 1.82) is 0 Å². The molecule has 0 aromatic heterocycles. The van der Waals surface area contributed by atoms with Gasteiger partial charge in [-0.05, 0) is 102 Å². The van der Waals surface area contributed by atoms with E-state index < -0.39 is 0 Å². The summed E-state index contributed by atoms with van der Waals surface area (Å²) in [6.07, 6.45) is 0. The standard InChI is InChI=1S/C55H45N/c1-53(2)44-25-15-12-20-37(44)39-30-28-35(32-47(39)53)56(36-29-31-40-38-21-13-16-26-45(38)54(3,4)48(40)33-36)52-49(34-18-8-7-9-19-34)41-22-10-11-23-42(41)51-50(52)43-24-14-17-27-46(43)55(51,5)6/h7-33H,1-6H3. The van der Waals surface area contributed by atoms with Crippen molar-refractivity contribution in [2.45, 2.75) is 57.8 Å². The number of hydrogen-bond donors (Lipinski definition) is 0. The Balaban J connectivity index is 1.30. The molecule has 0 heterocycles. The van der Waals surface area contributed by atoms with Gasteiger partial charge in [0.2, 0.25) is 0 Å². The molecule has 11 rings (SSSR count). The molecule has 0 aliphatic heterocycles. The Morgan fingerprint density at radius 3 is 1.32 bits per heavy atom. The highest BCUT2D eigenvalue weighted by molar-refractivity contribution is 6.15. The quantitative estimate of drug-likeness (QED) is 0.175. The fourth-order valence-electron chi connectivity index (χ4n) is 10.9. The molecule has 270 valence electrons. The van der Waals surface area contributed by atoms with Gasteiger partial charge in [-0.25, -0.2) is 0 Å². The summed E-state index contributed by atoms with van der Waals surface area (Å²) in [5.74, 6) is 0. The van der Waals surface area contributed by atoms with Crippen LogP contribution in [0.2, 0.25) is 0 Å². The fourth-order valence-corrected chi connectivity index (χ4v) is 10.9. The van der Waals surface area contributed by atoms with Gasteiger partial charge in [-0.15, -0.1) is 0 Å². The molecule has 0 fully saturated rings. The Kier molecular flexibility index (Phi) is 6.77. The van der Waals surface area contributed by atoms with Crippen molar-refractivity contribution in [2.75, 3.05) is 4.90 Å². The third-order valence-electron chi connectivity index (χ3n) is 13.6. The maximum absolute atomic E-state index is 2.63. The van der Waals surface area contributed by atoms with E-state index in [0.717, 1.165) is 0 Å². The Bertz CT molecular complexity index is 2830. The average Bonchev–Trinajstić information content (AvgIpc) is 3.71. The Hall–Kier alpha value is -6.18. The highest BCUT2D eigenvalue weighted by Crippen LogP contribution is 2.61. The summed E-state index contributed by atoms with van der Waals surface area (Å²) in [4.78, 5) is 2.63. The van der Waals surface area contributed by atoms with Crippen molar-refractivity contribution in [3.05, 3.63) is 197 Å². The summed E-state index contributed by atoms with van der Waals surface area (Å²) >= 11 is 0. The minimum Gasteiger partial charge on any atom is -0.309 e. The van der Waals surface area contributed by atoms with Gasteiger partial charge in [-0.1, -0.05) is 181 Å². The molecule has 0 atom stereocenters. The van der Waals surface area contributed by atoms with Crippen LogP contribution in [0, 0.1) is 0 Å². The number of nitrogens with zero attached hydrogens (tertiary/aromatic N) is 1. The first-order chi connectivity index (χ1) is 27.1. The van der Waals surface area contributed by atoms with Crippen LogP contribution in [0.25, 0.3) is 55.3 Å². The maximum Gasteiger partial charge on any atom is 0.0628 e. The third-order valence-corrected chi connectivity index (χ3v) is 13.6. The molecular weight excluding hydrogens is 675 g/mol. The number of fused-ring (bicyclic) bond motifs is 11. The lowest BCUT2D eigenvalue weighted by molar-refractivity contribution is 0.660. The lowest BCUT2D eigenvalue weighted by Crippen LogP contribution is -2.19. The summed E-state index contributed by atoms with van der Waals surface area (Å²) in [5, 5.41) is 2.60. The summed E-state index contributed by atoms with van der Waals surface area (Å²) < 4.78 is 0. The topological polar surface area (TPSA) is 3.24 Å². The minimum atomic E-state index is -0.204. The first kappa shape index (κ1) is 33.2. The zero-order chi connectivity index (χ0) is 38.1. The van der Waals surface area contributed by atoms with E-state index in [4.69, 9.17) is 0 Å². The predicted octanol–water partition coefficient (Wildman–Crippen LogP) is 14.9. The first-order valence-electron chi connectivity index (χ1n) is 20.1. The van der Waals surface area contributed by atoms with Crippen molar-refractivity contribution in [3.63, 3.8) is 0 Å². The lowest BCUT2D eigenvalue weighted by Gasteiger charge is -2.34. The maximum atomic E-state index is 2.63.